The third kappa shape index (κ3) is 3.88. The number of para-hydroxylation sites is 1. The number of rotatable bonds is 5. The van der Waals surface area contributed by atoms with E-state index in [-0.39, 0.29) is 24.3 Å². The van der Waals surface area contributed by atoms with Gasteiger partial charge in [-0.05, 0) is 61.6 Å². The highest BCUT2D eigenvalue weighted by Crippen LogP contribution is 2.34. The number of nitrogens with zero attached hydrogens (tertiary/aromatic N) is 1. The Morgan fingerprint density at radius 3 is 2.71 bits per heavy atom. The van der Waals surface area contributed by atoms with Gasteiger partial charge in [0.05, 0.1) is 0 Å². The summed E-state index contributed by atoms with van der Waals surface area (Å²) in [5.74, 6) is 0.969. The van der Waals surface area contributed by atoms with Crippen LogP contribution in [0.3, 0.4) is 0 Å². The summed E-state index contributed by atoms with van der Waals surface area (Å²) in [5.41, 5.74) is 3.85. The van der Waals surface area contributed by atoms with Gasteiger partial charge >= 0.3 is 0 Å². The van der Waals surface area contributed by atoms with Gasteiger partial charge in [-0.2, -0.15) is 0 Å². The van der Waals surface area contributed by atoms with Crippen molar-refractivity contribution in [2.75, 3.05) is 23.4 Å². The smallest absolute Gasteiger partial charge is 0.262 e. The van der Waals surface area contributed by atoms with Crippen LogP contribution in [0.5, 0.6) is 5.75 Å². The predicted octanol–water partition coefficient (Wildman–Crippen LogP) is 4.09. The molecule has 146 valence electrons. The van der Waals surface area contributed by atoms with Crippen molar-refractivity contribution in [1.82, 2.24) is 0 Å². The summed E-state index contributed by atoms with van der Waals surface area (Å²) in [6, 6.07) is 13.4. The SMILES string of the molecule is Cc1ccccc1OCC(=O)Nc1ccc2c(c1)CCN2C(=O)C1CCCC1. The van der Waals surface area contributed by atoms with Crippen molar-refractivity contribution in [3.63, 3.8) is 0 Å². The molecule has 1 saturated carbocycles. The molecule has 0 spiro atoms. The molecule has 1 aliphatic carbocycles. The lowest BCUT2D eigenvalue weighted by Crippen LogP contribution is -2.33. The van der Waals surface area contributed by atoms with Gasteiger partial charge in [-0.15, -0.1) is 0 Å². The molecule has 0 aromatic heterocycles. The van der Waals surface area contributed by atoms with E-state index in [0.29, 0.717) is 5.75 Å². The predicted molar refractivity (Wildman–Crippen MR) is 110 cm³/mol. The molecule has 1 heterocycles. The van der Waals surface area contributed by atoms with Crippen LogP contribution in [-0.4, -0.2) is 25.0 Å². The van der Waals surface area contributed by atoms with Crippen LogP contribution in [0, 0.1) is 12.8 Å². The van der Waals surface area contributed by atoms with E-state index in [1.807, 2.05) is 54.3 Å². The van der Waals surface area contributed by atoms with E-state index in [1.165, 1.54) is 0 Å². The zero-order valence-corrected chi connectivity index (χ0v) is 16.2. The largest absolute Gasteiger partial charge is 0.483 e. The summed E-state index contributed by atoms with van der Waals surface area (Å²) in [4.78, 5) is 26.9. The topological polar surface area (TPSA) is 58.6 Å². The highest BCUT2D eigenvalue weighted by molar-refractivity contribution is 5.98. The maximum Gasteiger partial charge on any atom is 0.262 e. The number of benzene rings is 2. The minimum Gasteiger partial charge on any atom is -0.483 e. The lowest BCUT2D eigenvalue weighted by Gasteiger charge is -2.21. The molecular weight excluding hydrogens is 352 g/mol. The molecule has 1 fully saturated rings. The molecule has 2 aromatic carbocycles. The zero-order valence-electron chi connectivity index (χ0n) is 16.2. The molecule has 2 amide bonds. The molecule has 2 aromatic rings. The minimum atomic E-state index is -0.194. The highest BCUT2D eigenvalue weighted by atomic mass is 16.5. The number of nitrogens with one attached hydrogen (secondary N) is 1. The molecule has 2 aliphatic rings. The first-order valence-corrected chi connectivity index (χ1v) is 10.0. The van der Waals surface area contributed by atoms with Gasteiger partial charge in [0.1, 0.15) is 5.75 Å². The number of carbonyl (C=O) groups excluding carboxylic acids is 2. The number of amides is 2. The first-order valence-electron chi connectivity index (χ1n) is 10.0. The number of carbonyl (C=O) groups is 2. The van der Waals surface area contributed by atoms with E-state index in [1.54, 1.807) is 0 Å². The normalized spacial score (nSPS) is 16.1. The molecule has 5 nitrogen and oxygen atoms in total. The minimum absolute atomic E-state index is 0.0335. The molecule has 0 unspecified atom stereocenters. The van der Waals surface area contributed by atoms with E-state index in [2.05, 4.69) is 5.32 Å². The van der Waals surface area contributed by atoms with Gasteiger partial charge in [-0.1, -0.05) is 31.0 Å². The van der Waals surface area contributed by atoms with E-state index in [4.69, 9.17) is 4.74 Å². The fourth-order valence-corrected chi connectivity index (χ4v) is 4.16. The second-order valence-electron chi connectivity index (χ2n) is 7.67. The van der Waals surface area contributed by atoms with E-state index in [9.17, 15) is 9.59 Å². The van der Waals surface area contributed by atoms with Gasteiger partial charge in [0, 0.05) is 23.8 Å². The summed E-state index contributed by atoms with van der Waals surface area (Å²) in [6.07, 6.45) is 5.18. The number of hydrogen-bond acceptors (Lipinski definition) is 3. The maximum absolute atomic E-state index is 12.8. The van der Waals surface area contributed by atoms with Crippen molar-refractivity contribution in [3.8, 4) is 5.75 Å². The van der Waals surface area contributed by atoms with Crippen molar-refractivity contribution in [3.05, 3.63) is 53.6 Å². The van der Waals surface area contributed by atoms with Gasteiger partial charge in [-0.3, -0.25) is 9.59 Å². The van der Waals surface area contributed by atoms with Crippen molar-refractivity contribution in [2.45, 2.75) is 39.0 Å². The number of anilines is 2. The van der Waals surface area contributed by atoms with E-state index in [0.717, 1.165) is 61.2 Å². The lowest BCUT2D eigenvalue weighted by molar-refractivity contribution is -0.122. The first-order chi connectivity index (χ1) is 13.6. The van der Waals surface area contributed by atoms with Gasteiger partial charge in [-0.25, -0.2) is 0 Å². The van der Waals surface area contributed by atoms with Crippen LogP contribution in [0.25, 0.3) is 0 Å². The van der Waals surface area contributed by atoms with Crippen LogP contribution in [0.4, 0.5) is 11.4 Å². The molecule has 0 saturated heterocycles. The first kappa shape index (κ1) is 18.5. The molecule has 1 aliphatic heterocycles. The Labute approximate surface area is 165 Å². The van der Waals surface area contributed by atoms with Crippen LogP contribution in [-0.2, 0) is 16.0 Å². The quantitative estimate of drug-likeness (QED) is 0.852. The number of ether oxygens (including phenoxy) is 1. The van der Waals surface area contributed by atoms with Crippen LogP contribution in [0.15, 0.2) is 42.5 Å². The zero-order chi connectivity index (χ0) is 19.5. The standard InChI is InChI=1S/C23H26N2O3/c1-16-6-2-5-9-21(16)28-15-22(26)24-19-10-11-20-18(14-19)12-13-25(20)23(27)17-7-3-4-8-17/h2,5-6,9-11,14,17H,3-4,7-8,12-13,15H2,1H3,(H,24,26). The van der Waals surface area contributed by atoms with Crippen molar-refractivity contribution < 1.29 is 14.3 Å². The Hall–Kier alpha value is -2.82. The average Bonchev–Trinajstić information content (AvgIpc) is 3.36. The summed E-state index contributed by atoms with van der Waals surface area (Å²) in [7, 11) is 0. The lowest BCUT2D eigenvalue weighted by atomic mass is 10.1. The molecule has 0 bridgehead atoms. The molecule has 1 N–H and O–H groups in total. The Balaban J connectivity index is 1.37. The molecule has 0 atom stereocenters. The van der Waals surface area contributed by atoms with Crippen LogP contribution in [0.2, 0.25) is 0 Å². The summed E-state index contributed by atoms with van der Waals surface area (Å²) < 4.78 is 5.60. The van der Waals surface area contributed by atoms with Crippen molar-refractivity contribution in [2.24, 2.45) is 5.92 Å². The van der Waals surface area contributed by atoms with E-state index >= 15 is 0 Å². The molecular formula is C23H26N2O3. The second-order valence-corrected chi connectivity index (χ2v) is 7.67. The Kier molecular flexibility index (Phi) is 5.33. The Bertz CT molecular complexity index is 887. The van der Waals surface area contributed by atoms with Crippen molar-refractivity contribution in [1.29, 1.82) is 0 Å². The fourth-order valence-electron chi connectivity index (χ4n) is 4.16. The van der Waals surface area contributed by atoms with Crippen LogP contribution < -0.4 is 15.0 Å². The molecule has 0 radical (unpaired) electrons. The monoisotopic (exact) mass is 378 g/mol. The van der Waals surface area contributed by atoms with Crippen molar-refractivity contribution >= 4 is 23.2 Å². The van der Waals surface area contributed by atoms with Gasteiger partial charge < -0.3 is 15.0 Å². The Morgan fingerprint density at radius 1 is 1.14 bits per heavy atom. The summed E-state index contributed by atoms with van der Waals surface area (Å²) >= 11 is 0. The fraction of sp³-hybridized carbons (Fsp3) is 0.391. The summed E-state index contributed by atoms with van der Waals surface area (Å²) in [5, 5.41) is 2.89. The molecule has 28 heavy (non-hydrogen) atoms. The van der Waals surface area contributed by atoms with Gasteiger partial charge in [0.25, 0.3) is 5.91 Å². The third-order valence-corrected chi connectivity index (χ3v) is 5.68. The Morgan fingerprint density at radius 2 is 1.93 bits per heavy atom. The number of hydrogen-bond donors (Lipinski definition) is 1. The number of fused-ring (bicyclic) bond motifs is 1. The van der Waals surface area contributed by atoms with Gasteiger partial charge in [0.15, 0.2) is 6.61 Å². The van der Waals surface area contributed by atoms with Crippen LogP contribution in [0.1, 0.15) is 36.8 Å². The number of aryl methyl sites for hydroxylation is 1. The highest BCUT2D eigenvalue weighted by Gasteiger charge is 2.31. The third-order valence-electron chi connectivity index (χ3n) is 5.68. The maximum atomic E-state index is 12.8. The van der Waals surface area contributed by atoms with E-state index < -0.39 is 0 Å². The van der Waals surface area contributed by atoms with Gasteiger partial charge in [0.2, 0.25) is 5.91 Å². The second kappa shape index (κ2) is 8.05. The van der Waals surface area contributed by atoms with Crippen LogP contribution >= 0.6 is 0 Å². The average molecular weight is 378 g/mol. The molecule has 5 heteroatoms. The molecule has 4 rings (SSSR count). The summed E-state index contributed by atoms with van der Waals surface area (Å²) in [6.45, 7) is 2.65.